The fourth-order valence-electron chi connectivity index (χ4n) is 11.0. The lowest BCUT2D eigenvalue weighted by Crippen LogP contribution is -2.50. The third kappa shape index (κ3) is 10.4. The summed E-state index contributed by atoms with van der Waals surface area (Å²) in [5.41, 5.74) is 4.14. The molecule has 0 aliphatic heterocycles. The summed E-state index contributed by atoms with van der Waals surface area (Å²) in [7, 11) is 0. The Labute approximate surface area is 298 Å². The minimum absolute atomic E-state index is 0.0600. The first-order chi connectivity index (χ1) is 23.1. The molecule has 48 heavy (non-hydrogen) atoms. The maximum Gasteiger partial charge on any atom is 0.306 e. The number of hydrogen-bond acceptors (Lipinski definition) is 2. The Hall–Kier alpha value is -1.31. The highest BCUT2D eigenvalue weighted by molar-refractivity contribution is 5.69. The Bertz CT molecular complexity index is 1050. The molecule has 0 heterocycles. The zero-order valence-electron chi connectivity index (χ0n) is 32.8. The van der Waals surface area contributed by atoms with Gasteiger partial charge in [0.25, 0.3) is 0 Å². The van der Waals surface area contributed by atoms with Crippen LogP contribution in [0.4, 0.5) is 0 Å². The Morgan fingerprint density at radius 3 is 2.15 bits per heavy atom. The Balaban J connectivity index is 1.13. The highest BCUT2D eigenvalue weighted by Gasteiger charge is 2.58. The third-order valence-corrected chi connectivity index (χ3v) is 14.5. The van der Waals surface area contributed by atoms with Crippen molar-refractivity contribution in [2.24, 2.45) is 46.3 Å². The first-order valence-electron chi connectivity index (χ1n) is 21.3. The molecule has 0 saturated heterocycles. The van der Waals surface area contributed by atoms with Crippen LogP contribution in [0.15, 0.2) is 36.0 Å². The molecule has 3 fully saturated rings. The average molecular weight is 663 g/mol. The van der Waals surface area contributed by atoms with Crippen molar-refractivity contribution in [2.45, 2.75) is 202 Å². The molecule has 4 aliphatic rings. The molecule has 274 valence electrons. The molecule has 2 heteroatoms. The Morgan fingerprint density at radius 2 is 1.46 bits per heavy atom. The topological polar surface area (TPSA) is 26.3 Å². The summed E-state index contributed by atoms with van der Waals surface area (Å²) in [6.45, 7) is 19.1. The van der Waals surface area contributed by atoms with Gasteiger partial charge >= 0.3 is 5.97 Å². The molecule has 0 aromatic carbocycles. The smallest absolute Gasteiger partial charge is 0.306 e. The van der Waals surface area contributed by atoms with Crippen molar-refractivity contribution in [3.63, 3.8) is 0 Å². The van der Waals surface area contributed by atoms with Gasteiger partial charge in [0.15, 0.2) is 0 Å². The molecular formula is C46H78O2. The van der Waals surface area contributed by atoms with Crippen LogP contribution >= 0.6 is 0 Å². The minimum atomic E-state index is 0.0600. The standard InChI is InChI=1S/C46H78O2/c1-8-9-10-11-12-13-14-15-16-17-18-19-20-21-22-23-44(47)48-39-30-32-45(6)38(34-39)26-27-40-42-29-28-41(46(42,7)33-31-43(40)45)37(5)25-24-36(4)35(2)3/h15-16,27,35,37-39,41-43H,4,8-14,17-26,28-34H2,1-3,5-7H3/b16-15-/t37-,38+,39+,41-,42+,43+,45+,46-/m1/s1. The quantitative estimate of drug-likeness (QED) is 0.0694. The van der Waals surface area contributed by atoms with Crippen LogP contribution in [-0.4, -0.2) is 12.1 Å². The first kappa shape index (κ1) is 39.5. The van der Waals surface area contributed by atoms with E-state index in [1.807, 2.05) is 5.57 Å². The van der Waals surface area contributed by atoms with E-state index in [-0.39, 0.29) is 12.1 Å². The highest BCUT2D eigenvalue weighted by Crippen LogP contribution is 2.67. The molecule has 0 aromatic rings. The van der Waals surface area contributed by atoms with E-state index in [1.54, 1.807) is 0 Å². The second-order valence-corrected chi connectivity index (χ2v) is 18.0. The molecule has 0 N–H and O–H groups in total. The van der Waals surface area contributed by atoms with Crippen molar-refractivity contribution in [1.82, 2.24) is 0 Å². The number of fused-ring (bicyclic) bond motifs is 5. The van der Waals surface area contributed by atoms with E-state index < -0.39 is 0 Å². The molecule has 0 amide bonds. The van der Waals surface area contributed by atoms with Crippen LogP contribution < -0.4 is 0 Å². The summed E-state index contributed by atoms with van der Waals surface area (Å²) < 4.78 is 6.15. The van der Waals surface area contributed by atoms with Crippen molar-refractivity contribution in [3.8, 4) is 0 Å². The SMILES string of the molecule is C=C(CC[C@@H](C)[C@H]1CC[C@H]2C3=CC[C@H]4C[C@@H](OC(=O)CCCCCCC/C=C\CCCCCCCC)CC[C@]4(C)[C@H]3CC[C@]12C)C(C)C. The highest BCUT2D eigenvalue weighted by atomic mass is 16.5. The van der Waals surface area contributed by atoms with Crippen LogP contribution in [0, 0.1) is 46.3 Å². The number of unbranched alkanes of at least 4 members (excludes halogenated alkanes) is 11. The van der Waals surface area contributed by atoms with Crippen LogP contribution in [0.5, 0.6) is 0 Å². The molecule has 4 aliphatic carbocycles. The van der Waals surface area contributed by atoms with Gasteiger partial charge in [0, 0.05) is 6.42 Å². The van der Waals surface area contributed by atoms with Gasteiger partial charge in [0.2, 0.25) is 0 Å². The number of carbonyl (C=O) groups is 1. The number of allylic oxidation sites excluding steroid dienone is 5. The van der Waals surface area contributed by atoms with Gasteiger partial charge in [-0.25, -0.2) is 0 Å². The zero-order chi connectivity index (χ0) is 34.6. The van der Waals surface area contributed by atoms with Gasteiger partial charge in [0.05, 0.1) is 0 Å². The Kier molecular flexibility index (Phi) is 15.9. The van der Waals surface area contributed by atoms with Gasteiger partial charge in [-0.3, -0.25) is 4.79 Å². The first-order valence-corrected chi connectivity index (χ1v) is 21.3. The fourth-order valence-corrected chi connectivity index (χ4v) is 11.0. The van der Waals surface area contributed by atoms with Crippen LogP contribution in [0.3, 0.4) is 0 Å². The van der Waals surface area contributed by atoms with Gasteiger partial charge in [-0.15, -0.1) is 0 Å². The molecule has 0 radical (unpaired) electrons. The van der Waals surface area contributed by atoms with E-state index in [2.05, 4.69) is 66.3 Å². The van der Waals surface area contributed by atoms with Crippen molar-refractivity contribution in [3.05, 3.63) is 36.0 Å². The van der Waals surface area contributed by atoms with Gasteiger partial charge in [-0.05, 0) is 143 Å². The van der Waals surface area contributed by atoms with Crippen LogP contribution in [0.25, 0.3) is 0 Å². The van der Waals surface area contributed by atoms with Crippen molar-refractivity contribution >= 4 is 5.97 Å². The van der Waals surface area contributed by atoms with Crippen molar-refractivity contribution < 1.29 is 9.53 Å². The van der Waals surface area contributed by atoms with Crippen molar-refractivity contribution in [2.75, 3.05) is 0 Å². The van der Waals surface area contributed by atoms with Gasteiger partial charge in [-0.2, -0.15) is 0 Å². The van der Waals surface area contributed by atoms with Crippen LogP contribution in [0.2, 0.25) is 0 Å². The fraction of sp³-hybridized carbons (Fsp3) is 0.848. The molecule has 0 bridgehead atoms. The maximum atomic E-state index is 12.8. The third-order valence-electron chi connectivity index (χ3n) is 14.5. The van der Waals surface area contributed by atoms with E-state index in [0.29, 0.717) is 29.1 Å². The van der Waals surface area contributed by atoms with Gasteiger partial charge in [0.1, 0.15) is 6.10 Å². The van der Waals surface area contributed by atoms with E-state index in [4.69, 9.17) is 4.74 Å². The molecule has 2 nitrogen and oxygen atoms in total. The van der Waals surface area contributed by atoms with Crippen LogP contribution in [0.1, 0.15) is 196 Å². The number of hydrogen-bond donors (Lipinski definition) is 0. The summed E-state index contributed by atoms with van der Waals surface area (Å²) in [4.78, 5) is 12.8. The molecule has 0 aromatic heterocycles. The van der Waals surface area contributed by atoms with Crippen molar-refractivity contribution in [1.29, 1.82) is 0 Å². The van der Waals surface area contributed by atoms with Gasteiger partial charge < -0.3 is 4.74 Å². The molecular weight excluding hydrogens is 585 g/mol. The predicted molar refractivity (Wildman–Crippen MR) is 207 cm³/mol. The summed E-state index contributed by atoms with van der Waals surface area (Å²) in [5, 5.41) is 0. The number of carbonyl (C=O) groups excluding carboxylic acids is 1. The molecule has 3 saturated carbocycles. The molecule has 0 unspecified atom stereocenters. The maximum absolute atomic E-state index is 12.8. The zero-order valence-corrected chi connectivity index (χ0v) is 32.8. The normalized spacial score (nSPS) is 32.1. The van der Waals surface area contributed by atoms with E-state index >= 15 is 0 Å². The predicted octanol–water partition coefficient (Wildman–Crippen LogP) is 14.1. The largest absolute Gasteiger partial charge is 0.462 e. The van der Waals surface area contributed by atoms with E-state index in [0.717, 1.165) is 49.4 Å². The number of rotatable bonds is 21. The second kappa shape index (κ2) is 19.3. The molecule has 4 rings (SSSR count). The molecule has 0 spiro atoms. The molecule has 8 atom stereocenters. The minimum Gasteiger partial charge on any atom is -0.462 e. The summed E-state index contributed by atoms with van der Waals surface area (Å²) in [6, 6.07) is 0. The Morgan fingerprint density at radius 1 is 0.833 bits per heavy atom. The van der Waals surface area contributed by atoms with E-state index in [1.165, 1.54) is 128 Å². The lowest BCUT2D eigenvalue weighted by Gasteiger charge is -2.58. The lowest BCUT2D eigenvalue weighted by molar-refractivity contribution is -0.155. The summed E-state index contributed by atoms with van der Waals surface area (Å²) >= 11 is 0. The van der Waals surface area contributed by atoms with Gasteiger partial charge in [-0.1, -0.05) is 129 Å². The lowest BCUT2D eigenvalue weighted by atomic mass is 9.47. The van der Waals surface area contributed by atoms with Crippen LogP contribution in [-0.2, 0) is 9.53 Å². The monoisotopic (exact) mass is 663 g/mol. The number of ether oxygens (including phenoxy) is 1. The summed E-state index contributed by atoms with van der Waals surface area (Å²) in [5.74, 6) is 4.51. The second-order valence-electron chi connectivity index (χ2n) is 18.0. The summed E-state index contributed by atoms with van der Waals surface area (Å²) in [6.07, 6.45) is 37.6. The van der Waals surface area contributed by atoms with E-state index in [9.17, 15) is 4.79 Å². The number of esters is 1. The average Bonchev–Trinajstić information content (AvgIpc) is 3.42.